The van der Waals surface area contributed by atoms with Crippen molar-refractivity contribution < 1.29 is 24.3 Å². The fourth-order valence-electron chi connectivity index (χ4n) is 4.45. The van der Waals surface area contributed by atoms with Crippen LogP contribution in [0.25, 0.3) is 10.9 Å². The van der Waals surface area contributed by atoms with Gasteiger partial charge >= 0.3 is 5.97 Å². The van der Waals surface area contributed by atoms with Gasteiger partial charge in [0.05, 0.1) is 12.4 Å². The third-order valence-corrected chi connectivity index (χ3v) is 7.09. The van der Waals surface area contributed by atoms with Crippen molar-refractivity contribution in [2.24, 2.45) is 17.6 Å². The molecule has 216 valence electrons. The third-order valence-electron chi connectivity index (χ3n) is 7.09. The molecule has 5 unspecified atom stereocenters. The predicted octanol–water partition coefficient (Wildman–Crippen LogP) is 1.24. The number of aromatic nitrogens is 3. The molecule has 0 radical (unpaired) electrons. The lowest BCUT2D eigenvalue weighted by Crippen LogP contribution is -2.59. The number of carbonyl (C=O) groups excluding carboxylic acids is 3. The number of nitrogens with zero attached hydrogens (tertiary/aromatic N) is 1. The molecule has 0 aliphatic carbocycles. The Hall–Kier alpha value is -4.19. The fourth-order valence-corrected chi connectivity index (χ4v) is 4.45. The minimum Gasteiger partial charge on any atom is -0.480 e. The number of carbonyl (C=O) groups is 4. The summed E-state index contributed by atoms with van der Waals surface area (Å²) in [6, 6.07) is 3.57. The third kappa shape index (κ3) is 7.69. The maximum Gasteiger partial charge on any atom is 0.326 e. The Labute approximate surface area is 232 Å². The average molecular weight is 554 g/mol. The van der Waals surface area contributed by atoms with E-state index in [1.165, 1.54) is 12.5 Å². The highest BCUT2D eigenvalue weighted by atomic mass is 16.4. The number of imidazole rings is 1. The summed E-state index contributed by atoms with van der Waals surface area (Å²) in [5.41, 5.74) is 8.65. The first-order chi connectivity index (χ1) is 19.0. The normalized spacial score (nSPS) is 15.2. The van der Waals surface area contributed by atoms with Gasteiger partial charge < -0.3 is 36.8 Å². The molecule has 1 aromatic carbocycles. The predicted molar refractivity (Wildman–Crippen MR) is 150 cm³/mol. The van der Waals surface area contributed by atoms with E-state index in [4.69, 9.17) is 5.73 Å². The standard InChI is InChI=1S/C28H39N7O5/c1-5-16(4)24(35-25(36)20(29)10-17-12-31-21-9-7-6-8-19(17)21)27(38)33-22(11-18-13-30-14-32-18)26(37)34-23(15(2)3)28(39)40/h6-9,12-16,20,22-24,31H,5,10-11,29H2,1-4H3,(H,30,32)(H,33,38)(H,34,37)(H,35,36)(H,39,40). The van der Waals surface area contributed by atoms with Crippen LogP contribution in [0.2, 0.25) is 0 Å². The molecule has 12 heteroatoms. The smallest absolute Gasteiger partial charge is 0.326 e. The lowest BCUT2D eigenvalue weighted by atomic mass is 9.96. The summed E-state index contributed by atoms with van der Waals surface area (Å²) in [5.74, 6) is -3.55. The Kier molecular flexibility index (Phi) is 10.4. The summed E-state index contributed by atoms with van der Waals surface area (Å²) in [6.45, 7) is 7.06. The first kappa shape index (κ1) is 30.4. The number of para-hydroxylation sites is 1. The number of H-pyrrole nitrogens is 2. The molecule has 5 atom stereocenters. The molecule has 0 aliphatic heterocycles. The van der Waals surface area contributed by atoms with Crippen molar-refractivity contribution in [2.45, 2.75) is 71.1 Å². The topological polar surface area (TPSA) is 195 Å². The molecular formula is C28H39N7O5. The molecule has 40 heavy (non-hydrogen) atoms. The number of aromatic amines is 2. The van der Waals surface area contributed by atoms with Crippen LogP contribution in [-0.2, 0) is 32.0 Å². The molecule has 2 heterocycles. The molecule has 0 saturated carbocycles. The molecule has 3 amide bonds. The largest absolute Gasteiger partial charge is 0.480 e. The van der Waals surface area contributed by atoms with Gasteiger partial charge in [-0.1, -0.05) is 52.3 Å². The van der Waals surface area contributed by atoms with Crippen molar-refractivity contribution in [1.29, 1.82) is 0 Å². The summed E-state index contributed by atoms with van der Waals surface area (Å²) < 4.78 is 0. The number of carboxylic acid groups (broad SMARTS) is 1. The highest BCUT2D eigenvalue weighted by Gasteiger charge is 2.33. The zero-order valence-electron chi connectivity index (χ0n) is 23.2. The maximum absolute atomic E-state index is 13.5. The molecule has 8 N–H and O–H groups in total. The number of aliphatic carboxylic acids is 1. The summed E-state index contributed by atoms with van der Waals surface area (Å²) in [6.07, 6.45) is 5.65. The highest BCUT2D eigenvalue weighted by molar-refractivity contribution is 5.94. The van der Waals surface area contributed by atoms with Gasteiger partial charge in [0.15, 0.2) is 0 Å². The van der Waals surface area contributed by atoms with Crippen LogP contribution in [0.4, 0.5) is 0 Å². The van der Waals surface area contributed by atoms with Crippen LogP contribution in [0.1, 0.15) is 45.4 Å². The van der Waals surface area contributed by atoms with Gasteiger partial charge in [-0.25, -0.2) is 9.78 Å². The minimum atomic E-state index is -1.18. The Bertz CT molecular complexity index is 1300. The lowest BCUT2D eigenvalue weighted by Gasteiger charge is -2.28. The van der Waals surface area contributed by atoms with Gasteiger partial charge in [0.2, 0.25) is 17.7 Å². The van der Waals surface area contributed by atoms with Crippen molar-refractivity contribution in [1.82, 2.24) is 30.9 Å². The Morgan fingerprint density at radius 3 is 2.27 bits per heavy atom. The summed E-state index contributed by atoms with van der Waals surface area (Å²) in [7, 11) is 0. The molecule has 0 spiro atoms. The number of benzene rings is 1. The Balaban J connectivity index is 1.75. The number of amides is 3. The molecule has 0 bridgehead atoms. The zero-order valence-corrected chi connectivity index (χ0v) is 23.2. The summed E-state index contributed by atoms with van der Waals surface area (Å²) >= 11 is 0. The first-order valence-electron chi connectivity index (χ1n) is 13.4. The van der Waals surface area contributed by atoms with Crippen LogP contribution in [-0.4, -0.2) is 67.9 Å². The van der Waals surface area contributed by atoms with Gasteiger partial charge in [0.1, 0.15) is 18.1 Å². The minimum absolute atomic E-state index is 0.0449. The van der Waals surface area contributed by atoms with Crippen LogP contribution in [0.15, 0.2) is 43.0 Å². The van der Waals surface area contributed by atoms with Crippen molar-refractivity contribution in [3.05, 3.63) is 54.2 Å². The first-order valence-corrected chi connectivity index (χ1v) is 13.4. The summed E-state index contributed by atoms with van der Waals surface area (Å²) in [5, 5.41) is 18.5. The number of nitrogens with two attached hydrogens (primary N) is 1. The number of hydrogen-bond acceptors (Lipinski definition) is 6. The second kappa shape index (κ2) is 13.7. The quantitative estimate of drug-likeness (QED) is 0.156. The van der Waals surface area contributed by atoms with Crippen LogP contribution in [0.3, 0.4) is 0 Å². The molecule has 3 rings (SSSR count). The van der Waals surface area contributed by atoms with Crippen molar-refractivity contribution >= 4 is 34.6 Å². The molecule has 3 aromatic rings. The van der Waals surface area contributed by atoms with E-state index in [9.17, 15) is 24.3 Å². The molecule has 2 aromatic heterocycles. The lowest BCUT2D eigenvalue weighted by molar-refractivity contribution is -0.143. The number of rotatable bonds is 14. The van der Waals surface area contributed by atoms with Crippen molar-refractivity contribution in [3.8, 4) is 0 Å². The molecular weight excluding hydrogens is 514 g/mol. The van der Waals surface area contributed by atoms with E-state index in [0.29, 0.717) is 12.1 Å². The van der Waals surface area contributed by atoms with Gasteiger partial charge in [-0.2, -0.15) is 0 Å². The zero-order chi connectivity index (χ0) is 29.4. The fraction of sp³-hybridized carbons (Fsp3) is 0.464. The van der Waals surface area contributed by atoms with Crippen LogP contribution in [0.5, 0.6) is 0 Å². The van der Waals surface area contributed by atoms with Crippen molar-refractivity contribution in [3.63, 3.8) is 0 Å². The Morgan fingerprint density at radius 2 is 1.65 bits per heavy atom. The molecule has 0 saturated heterocycles. The second-order valence-electron chi connectivity index (χ2n) is 10.5. The highest BCUT2D eigenvalue weighted by Crippen LogP contribution is 2.19. The van der Waals surface area contributed by atoms with E-state index in [1.807, 2.05) is 44.3 Å². The van der Waals surface area contributed by atoms with E-state index in [-0.39, 0.29) is 24.7 Å². The van der Waals surface area contributed by atoms with Crippen LogP contribution in [0, 0.1) is 11.8 Å². The van der Waals surface area contributed by atoms with Gasteiger partial charge in [-0.15, -0.1) is 0 Å². The van der Waals surface area contributed by atoms with E-state index in [2.05, 4.69) is 30.9 Å². The molecule has 0 aliphatic rings. The second-order valence-corrected chi connectivity index (χ2v) is 10.5. The van der Waals surface area contributed by atoms with E-state index < -0.39 is 47.9 Å². The van der Waals surface area contributed by atoms with Crippen LogP contribution < -0.4 is 21.7 Å². The molecule has 12 nitrogen and oxygen atoms in total. The van der Waals surface area contributed by atoms with Gasteiger partial charge in [0.25, 0.3) is 0 Å². The monoisotopic (exact) mass is 553 g/mol. The number of carboxylic acids is 1. The Morgan fingerprint density at radius 1 is 0.950 bits per heavy atom. The van der Waals surface area contributed by atoms with Crippen molar-refractivity contribution in [2.75, 3.05) is 0 Å². The van der Waals surface area contributed by atoms with E-state index >= 15 is 0 Å². The van der Waals surface area contributed by atoms with Crippen LogP contribution >= 0.6 is 0 Å². The number of nitrogens with one attached hydrogen (secondary N) is 5. The van der Waals surface area contributed by atoms with Gasteiger partial charge in [-0.3, -0.25) is 14.4 Å². The maximum atomic E-state index is 13.5. The van der Waals surface area contributed by atoms with Gasteiger partial charge in [0, 0.05) is 35.4 Å². The van der Waals surface area contributed by atoms with Gasteiger partial charge in [-0.05, 0) is 29.9 Å². The number of hydrogen-bond donors (Lipinski definition) is 7. The average Bonchev–Trinajstić information content (AvgIpc) is 3.58. The van der Waals surface area contributed by atoms with E-state index in [0.717, 1.165) is 16.5 Å². The summed E-state index contributed by atoms with van der Waals surface area (Å²) in [4.78, 5) is 61.5. The van der Waals surface area contributed by atoms with E-state index in [1.54, 1.807) is 13.8 Å². The SMILES string of the molecule is CCC(C)C(NC(=O)C(N)Cc1c[nH]c2ccccc12)C(=O)NC(Cc1cnc[nH]1)C(=O)NC(C(=O)O)C(C)C. The number of fused-ring (bicyclic) bond motifs is 1. The molecule has 0 fully saturated rings.